The summed E-state index contributed by atoms with van der Waals surface area (Å²) in [5, 5.41) is 10.3. The molecule has 80 valence electrons. The molecule has 0 bridgehead atoms. The first-order chi connectivity index (χ1) is 6.97. The molecule has 0 atom stereocenters. The van der Waals surface area contributed by atoms with E-state index in [9.17, 15) is 19.3 Å². The summed E-state index contributed by atoms with van der Waals surface area (Å²) in [5.74, 6) is -2.17. The van der Waals surface area contributed by atoms with Crippen molar-refractivity contribution in [3.05, 3.63) is 33.6 Å². The van der Waals surface area contributed by atoms with Crippen LogP contribution in [0, 0.1) is 15.9 Å². The Morgan fingerprint density at radius 3 is 2.60 bits per heavy atom. The third-order valence-corrected chi connectivity index (χ3v) is 1.96. The molecule has 0 aliphatic heterocycles. The van der Waals surface area contributed by atoms with E-state index in [2.05, 4.69) is 0 Å². The van der Waals surface area contributed by atoms with Gasteiger partial charge in [-0.3, -0.25) is 14.9 Å². The van der Waals surface area contributed by atoms with Crippen LogP contribution in [0.2, 0.25) is 0 Å². The molecule has 0 saturated heterocycles. The predicted molar refractivity (Wildman–Crippen MR) is 52.5 cm³/mol. The van der Waals surface area contributed by atoms with Crippen molar-refractivity contribution >= 4 is 28.8 Å². The van der Waals surface area contributed by atoms with E-state index in [0.717, 1.165) is 6.07 Å². The molecule has 0 aliphatic rings. The number of nitro benzene ring substituents is 1. The Labute approximate surface area is 88.8 Å². The highest BCUT2D eigenvalue weighted by Crippen LogP contribution is 2.24. The lowest BCUT2D eigenvalue weighted by atomic mass is 10.1. The minimum absolute atomic E-state index is 0.285. The highest BCUT2D eigenvalue weighted by Gasteiger charge is 2.19. The zero-order chi connectivity index (χ0) is 11.6. The monoisotopic (exact) mass is 232 g/mol. The van der Waals surface area contributed by atoms with Gasteiger partial charge in [-0.1, -0.05) is 0 Å². The van der Waals surface area contributed by atoms with Crippen molar-refractivity contribution < 1.29 is 14.1 Å². The van der Waals surface area contributed by atoms with E-state index in [4.69, 9.17) is 17.3 Å². The average molecular weight is 233 g/mol. The Balaban J connectivity index is 3.33. The average Bonchev–Trinajstić information content (AvgIpc) is 2.16. The van der Waals surface area contributed by atoms with Crippen molar-refractivity contribution in [3.8, 4) is 0 Å². The summed E-state index contributed by atoms with van der Waals surface area (Å²) in [7, 11) is 0. The highest BCUT2D eigenvalue weighted by molar-refractivity contribution is 6.31. The second-order valence-corrected chi connectivity index (χ2v) is 2.97. The fourth-order valence-electron chi connectivity index (χ4n) is 1.08. The number of nitrogens with two attached hydrogens (primary N) is 1. The molecule has 1 aromatic rings. The van der Waals surface area contributed by atoms with Crippen LogP contribution in [0.25, 0.3) is 0 Å². The second kappa shape index (κ2) is 4.22. The number of nitro groups is 1. The van der Waals surface area contributed by atoms with Gasteiger partial charge in [-0.25, -0.2) is 4.39 Å². The molecule has 1 aromatic carbocycles. The Morgan fingerprint density at radius 1 is 1.60 bits per heavy atom. The SMILES string of the molecule is Nc1cc([N+](=O)[O-])cc(F)c1C(=O)CCl. The van der Waals surface area contributed by atoms with E-state index in [-0.39, 0.29) is 5.69 Å². The maximum absolute atomic E-state index is 13.2. The maximum atomic E-state index is 13.2. The molecule has 5 nitrogen and oxygen atoms in total. The summed E-state index contributed by atoms with van der Waals surface area (Å²) in [5.41, 5.74) is 4.12. The predicted octanol–water partition coefficient (Wildman–Crippen LogP) is 1.74. The maximum Gasteiger partial charge on any atom is 0.274 e. The molecule has 0 fully saturated rings. The lowest BCUT2D eigenvalue weighted by Crippen LogP contribution is -2.09. The molecule has 0 saturated carbocycles. The Hall–Kier alpha value is -1.69. The van der Waals surface area contributed by atoms with Crippen LogP contribution in [0.3, 0.4) is 0 Å². The summed E-state index contributed by atoms with van der Waals surface area (Å²) >= 11 is 5.23. The molecule has 2 N–H and O–H groups in total. The highest BCUT2D eigenvalue weighted by atomic mass is 35.5. The number of halogens is 2. The van der Waals surface area contributed by atoms with Gasteiger partial charge >= 0.3 is 0 Å². The summed E-state index contributed by atoms with van der Waals surface area (Å²) in [6.07, 6.45) is 0. The first-order valence-electron chi connectivity index (χ1n) is 3.80. The largest absolute Gasteiger partial charge is 0.398 e. The number of anilines is 1. The van der Waals surface area contributed by atoms with Crippen molar-refractivity contribution in [3.63, 3.8) is 0 Å². The van der Waals surface area contributed by atoms with Gasteiger partial charge < -0.3 is 5.73 Å². The standard InChI is InChI=1S/C8H6ClFN2O3/c9-3-7(13)8-5(10)1-4(12(14)15)2-6(8)11/h1-2H,3,11H2. The Morgan fingerprint density at radius 2 is 2.20 bits per heavy atom. The number of benzene rings is 1. The molecular formula is C8H6ClFN2O3. The minimum Gasteiger partial charge on any atom is -0.398 e. The Bertz CT molecular complexity index is 413. The third kappa shape index (κ3) is 2.21. The van der Waals surface area contributed by atoms with Crippen molar-refractivity contribution in [1.29, 1.82) is 0 Å². The number of hydrogen-bond donors (Lipinski definition) is 1. The third-order valence-electron chi connectivity index (χ3n) is 1.72. The molecule has 0 aromatic heterocycles. The molecule has 0 spiro atoms. The molecule has 15 heavy (non-hydrogen) atoms. The lowest BCUT2D eigenvalue weighted by Gasteiger charge is -2.03. The number of carbonyl (C=O) groups is 1. The van der Waals surface area contributed by atoms with E-state index >= 15 is 0 Å². The van der Waals surface area contributed by atoms with E-state index in [1.54, 1.807) is 0 Å². The normalized spacial score (nSPS) is 10.0. The number of rotatable bonds is 3. The lowest BCUT2D eigenvalue weighted by molar-refractivity contribution is -0.385. The molecule has 7 heteroatoms. The zero-order valence-corrected chi connectivity index (χ0v) is 8.12. The van der Waals surface area contributed by atoms with Crippen molar-refractivity contribution in [2.24, 2.45) is 0 Å². The molecule has 1 rings (SSSR count). The summed E-state index contributed by atoms with van der Waals surface area (Å²) in [6.45, 7) is 0. The number of ketones is 1. The van der Waals surface area contributed by atoms with Gasteiger partial charge in [0.25, 0.3) is 5.69 Å². The van der Waals surface area contributed by atoms with Gasteiger partial charge in [-0.05, 0) is 0 Å². The van der Waals surface area contributed by atoms with E-state index in [0.29, 0.717) is 6.07 Å². The minimum atomic E-state index is -1.03. The van der Waals surface area contributed by atoms with Crippen molar-refractivity contribution in [2.45, 2.75) is 0 Å². The molecule has 0 aliphatic carbocycles. The van der Waals surface area contributed by atoms with Gasteiger partial charge in [0.05, 0.1) is 28.1 Å². The number of non-ortho nitro benzene ring substituents is 1. The van der Waals surface area contributed by atoms with Gasteiger partial charge in [0, 0.05) is 6.07 Å². The van der Waals surface area contributed by atoms with Crippen LogP contribution in [0.1, 0.15) is 10.4 Å². The number of carbonyl (C=O) groups excluding carboxylic acids is 1. The summed E-state index contributed by atoms with van der Waals surface area (Å²) in [6, 6.07) is 1.55. The van der Waals surface area contributed by atoms with Crippen LogP contribution in [0.5, 0.6) is 0 Å². The van der Waals surface area contributed by atoms with Crippen LogP contribution >= 0.6 is 11.6 Å². The molecule has 0 heterocycles. The number of hydrogen-bond acceptors (Lipinski definition) is 4. The van der Waals surface area contributed by atoms with Gasteiger partial charge in [0.1, 0.15) is 5.82 Å². The number of nitrogens with zero attached hydrogens (tertiary/aromatic N) is 1. The first kappa shape index (κ1) is 11.4. The van der Waals surface area contributed by atoms with E-state index in [1.165, 1.54) is 0 Å². The van der Waals surface area contributed by atoms with Gasteiger partial charge in [-0.15, -0.1) is 11.6 Å². The van der Waals surface area contributed by atoms with Crippen LogP contribution in [0.15, 0.2) is 12.1 Å². The smallest absolute Gasteiger partial charge is 0.274 e. The van der Waals surface area contributed by atoms with Crippen LogP contribution in [-0.4, -0.2) is 16.6 Å². The number of nitrogen functional groups attached to an aromatic ring is 1. The van der Waals surface area contributed by atoms with Gasteiger partial charge in [-0.2, -0.15) is 0 Å². The quantitative estimate of drug-likeness (QED) is 0.283. The first-order valence-corrected chi connectivity index (χ1v) is 4.33. The second-order valence-electron chi connectivity index (χ2n) is 2.71. The van der Waals surface area contributed by atoms with Crippen molar-refractivity contribution in [1.82, 2.24) is 0 Å². The molecular weight excluding hydrogens is 227 g/mol. The molecule has 0 amide bonds. The van der Waals surface area contributed by atoms with Crippen LogP contribution in [-0.2, 0) is 0 Å². The van der Waals surface area contributed by atoms with E-state index in [1.807, 2.05) is 0 Å². The summed E-state index contributed by atoms with van der Waals surface area (Å²) < 4.78 is 13.2. The van der Waals surface area contributed by atoms with Gasteiger partial charge in [0.2, 0.25) is 0 Å². The Kier molecular flexibility index (Phi) is 3.21. The topological polar surface area (TPSA) is 86.2 Å². The number of Topliss-reactive ketones (excluding diaryl/α,β-unsaturated/α-hetero) is 1. The van der Waals surface area contributed by atoms with Crippen LogP contribution in [0.4, 0.5) is 15.8 Å². The number of alkyl halides is 1. The van der Waals surface area contributed by atoms with Crippen molar-refractivity contribution in [2.75, 3.05) is 11.6 Å². The molecule has 0 unspecified atom stereocenters. The zero-order valence-electron chi connectivity index (χ0n) is 7.37. The fraction of sp³-hybridized carbons (Fsp3) is 0.125. The fourth-order valence-corrected chi connectivity index (χ4v) is 1.21. The molecule has 0 radical (unpaired) electrons. The van der Waals surface area contributed by atoms with E-state index < -0.39 is 33.7 Å². The van der Waals surface area contributed by atoms with Crippen LogP contribution < -0.4 is 5.73 Å². The van der Waals surface area contributed by atoms with Gasteiger partial charge in [0.15, 0.2) is 5.78 Å². The summed E-state index contributed by atoms with van der Waals surface area (Å²) in [4.78, 5) is 20.6.